The molecule has 0 radical (unpaired) electrons. The molecule has 2 bridgehead atoms. The maximum atomic E-state index is 13.9. The van der Waals surface area contributed by atoms with Crippen molar-refractivity contribution >= 4 is 26.8 Å². The number of carbonyl (C=O) groups excluding carboxylic acids is 1. The molecule has 2 aromatic rings. The van der Waals surface area contributed by atoms with E-state index in [1.165, 1.54) is 24.4 Å². The minimum Gasteiger partial charge on any atom is -0.378 e. The zero-order chi connectivity index (χ0) is 20.9. The Labute approximate surface area is 169 Å². The minimum absolute atomic E-state index is 0.0359. The molecule has 29 heavy (non-hydrogen) atoms. The Morgan fingerprint density at radius 3 is 2.52 bits per heavy atom. The lowest BCUT2D eigenvalue weighted by Crippen LogP contribution is -2.59. The van der Waals surface area contributed by atoms with Crippen LogP contribution in [-0.2, 0) is 14.8 Å². The number of carbonyl (C=O) groups is 1. The zero-order valence-electron chi connectivity index (χ0n) is 16.8. The summed E-state index contributed by atoms with van der Waals surface area (Å²) in [7, 11) is -1.62. The number of likely N-dealkylation sites (N-methyl/N-ethyl adjacent to an activating group) is 1. The van der Waals surface area contributed by atoms with Crippen molar-refractivity contribution < 1.29 is 22.3 Å². The summed E-state index contributed by atoms with van der Waals surface area (Å²) >= 11 is 0. The number of nitrogens with zero attached hydrogens (tertiary/aromatic N) is 2. The second kappa shape index (κ2) is 7.37. The van der Waals surface area contributed by atoms with Crippen molar-refractivity contribution in [2.24, 2.45) is 0 Å². The van der Waals surface area contributed by atoms with Crippen LogP contribution < -0.4 is 5.32 Å². The smallest absolute Gasteiger partial charge is 0.253 e. The van der Waals surface area contributed by atoms with Gasteiger partial charge in [-0.15, -0.1) is 0 Å². The molecular formula is C20H26FN3O4S. The van der Waals surface area contributed by atoms with Gasteiger partial charge in [0.25, 0.3) is 5.91 Å². The molecule has 1 amide bonds. The molecule has 4 rings (SSSR count). The van der Waals surface area contributed by atoms with Gasteiger partial charge in [-0.25, -0.2) is 16.8 Å². The molecule has 2 aliphatic rings. The quantitative estimate of drug-likeness (QED) is 0.813. The van der Waals surface area contributed by atoms with Crippen molar-refractivity contribution in [2.45, 2.75) is 50.1 Å². The monoisotopic (exact) mass is 423 g/mol. The molecule has 2 fully saturated rings. The fourth-order valence-electron chi connectivity index (χ4n) is 4.27. The number of piperidine rings is 1. The molecule has 1 unspecified atom stereocenters. The molecule has 1 N–H and O–H groups in total. The first-order valence-corrected chi connectivity index (χ1v) is 11.3. The Hall–Kier alpha value is -1.97. The van der Waals surface area contributed by atoms with Crippen LogP contribution in [0, 0.1) is 5.82 Å². The van der Waals surface area contributed by atoms with Crippen LogP contribution in [0.2, 0.25) is 0 Å². The van der Waals surface area contributed by atoms with Gasteiger partial charge in [-0.3, -0.25) is 9.69 Å². The Morgan fingerprint density at radius 2 is 1.90 bits per heavy atom. The van der Waals surface area contributed by atoms with Crippen LogP contribution in [0.25, 0.3) is 10.9 Å². The van der Waals surface area contributed by atoms with Gasteiger partial charge in [0, 0.05) is 29.7 Å². The third kappa shape index (κ3) is 3.55. The van der Waals surface area contributed by atoms with Crippen LogP contribution >= 0.6 is 0 Å². The fourth-order valence-corrected chi connectivity index (χ4v) is 5.41. The Morgan fingerprint density at radius 1 is 1.24 bits per heavy atom. The third-order valence-corrected chi connectivity index (χ3v) is 8.11. The number of halogens is 1. The highest BCUT2D eigenvalue weighted by Crippen LogP contribution is 2.28. The summed E-state index contributed by atoms with van der Waals surface area (Å²) in [5.41, 5.74) is 0.475. The summed E-state index contributed by atoms with van der Waals surface area (Å²) in [5, 5.41) is 2.66. The summed E-state index contributed by atoms with van der Waals surface area (Å²) < 4.78 is 46.1. The predicted molar refractivity (Wildman–Crippen MR) is 108 cm³/mol. The molecule has 2 saturated heterocycles. The van der Waals surface area contributed by atoms with Crippen LogP contribution in [-0.4, -0.2) is 66.8 Å². The van der Waals surface area contributed by atoms with Gasteiger partial charge in [0.1, 0.15) is 5.82 Å². The van der Waals surface area contributed by atoms with E-state index >= 15 is 0 Å². The number of fused-ring (bicyclic) bond motifs is 3. The van der Waals surface area contributed by atoms with Crippen molar-refractivity contribution in [3.63, 3.8) is 0 Å². The van der Waals surface area contributed by atoms with E-state index in [0.29, 0.717) is 24.1 Å². The van der Waals surface area contributed by atoms with E-state index in [-0.39, 0.29) is 29.6 Å². The van der Waals surface area contributed by atoms with E-state index in [2.05, 4.69) is 17.3 Å². The maximum Gasteiger partial charge on any atom is 0.253 e. The first kappa shape index (κ1) is 20.3. The Bertz CT molecular complexity index is 1040. The number of rotatable bonds is 4. The molecule has 1 aromatic carbocycles. The molecule has 7 nitrogen and oxygen atoms in total. The highest BCUT2D eigenvalue weighted by Gasteiger charge is 2.37. The number of ether oxygens (including phenoxy) is 1. The maximum absolute atomic E-state index is 13.9. The minimum atomic E-state index is -3.69. The first-order valence-electron chi connectivity index (χ1n) is 9.84. The lowest BCUT2D eigenvalue weighted by Gasteiger charge is -2.46. The molecule has 3 heterocycles. The van der Waals surface area contributed by atoms with E-state index in [0.717, 1.165) is 16.8 Å². The number of morpholine rings is 1. The molecular weight excluding hydrogens is 397 g/mol. The number of nitrogens with one attached hydrogen (secondary N) is 1. The van der Waals surface area contributed by atoms with E-state index in [1.54, 1.807) is 13.8 Å². The normalized spacial score (nSPS) is 25.5. The Balaban J connectivity index is 1.67. The van der Waals surface area contributed by atoms with Gasteiger partial charge in [0.05, 0.1) is 29.5 Å². The predicted octanol–water partition coefficient (Wildman–Crippen LogP) is 1.96. The average molecular weight is 424 g/mol. The second-order valence-electron chi connectivity index (χ2n) is 8.25. The number of hydrogen-bond acceptors (Lipinski definition) is 5. The Kier molecular flexibility index (Phi) is 5.16. The highest BCUT2D eigenvalue weighted by molar-refractivity contribution is 7.90. The lowest BCUT2D eigenvalue weighted by molar-refractivity contribution is -0.0670. The van der Waals surface area contributed by atoms with Crippen molar-refractivity contribution in [3.8, 4) is 0 Å². The second-order valence-corrected chi connectivity index (χ2v) is 10.6. The molecule has 1 aromatic heterocycles. The van der Waals surface area contributed by atoms with Gasteiger partial charge >= 0.3 is 0 Å². The summed E-state index contributed by atoms with van der Waals surface area (Å²) in [4.78, 5) is 15.4. The van der Waals surface area contributed by atoms with Crippen LogP contribution in [0.5, 0.6) is 0 Å². The van der Waals surface area contributed by atoms with Gasteiger partial charge in [0.15, 0.2) is 0 Å². The average Bonchev–Trinajstić information content (AvgIpc) is 3.02. The van der Waals surface area contributed by atoms with Crippen LogP contribution in [0.1, 0.15) is 37.0 Å². The zero-order valence-corrected chi connectivity index (χ0v) is 17.6. The number of benzene rings is 1. The molecule has 0 saturated carbocycles. The molecule has 3 atom stereocenters. The topological polar surface area (TPSA) is 80.6 Å². The molecule has 0 aliphatic carbocycles. The summed E-state index contributed by atoms with van der Waals surface area (Å²) in [6, 6.07) is 4.27. The SMILES string of the molecule is CC(C)S(=O)(=O)n1cc(C(=O)NC2C[C@H]3COC[C@@H](C2)N3C)c2cc(F)ccc21. The summed E-state index contributed by atoms with van der Waals surface area (Å²) in [5.74, 6) is -0.899. The number of aromatic nitrogens is 1. The van der Waals surface area contributed by atoms with Crippen molar-refractivity contribution in [1.82, 2.24) is 14.2 Å². The molecule has 2 aliphatic heterocycles. The summed E-state index contributed by atoms with van der Waals surface area (Å²) in [6.45, 7) is 4.42. The van der Waals surface area contributed by atoms with Gasteiger partial charge in [-0.2, -0.15) is 0 Å². The van der Waals surface area contributed by atoms with Gasteiger partial charge < -0.3 is 10.1 Å². The third-order valence-electron chi connectivity index (χ3n) is 6.07. The van der Waals surface area contributed by atoms with Gasteiger partial charge in [0.2, 0.25) is 10.0 Å². The van der Waals surface area contributed by atoms with E-state index in [4.69, 9.17) is 4.74 Å². The van der Waals surface area contributed by atoms with E-state index < -0.39 is 21.1 Å². The van der Waals surface area contributed by atoms with Crippen molar-refractivity contribution in [3.05, 3.63) is 35.8 Å². The first-order chi connectivity index (χ1) is 13.7. The van der Waals surface area contributed by atoms with E-state index in [9.17, 15) is 17.6 Å². The van der Waals surface area contributed by atoms with Crippen LogP contribution in [0.4, 0.5) is 4.39 Å². The summed E-state index contributed by atoms with van der Waals surface area (Å²) in [6.07, 6.45) is 2.83. The van der Waals surface area contributed by atoms with Crippen LogP contribution in [0.3, 0.4) is 0 Å². The number of hydrogen-bond donors (Lipinski definition) is 1. The van der Waals surface area contributed by atoms with Gasteiger partial charge in [-0.05, 0) is 51.9 Å². The standard InChI is InChI=1S/C20H26FN3O4S/c1-12(2)29(26,27)24-9-18(17-6-13(21)4-5-19(17)24)20(25)22-14-7-15-10-28-11-16(8-14)23(15)3/h4-6,9,12,14-16H,7-8,10-11H2,1-3H3,(H,22,25)/t14?,15-,16+. The lowest BCUT2D eigenvalue weighted by atomic mass is 9.90. The van der Waals surface area contributed by atoms with Crippen molar-refractivity contribution in [1.29, 1.82) is 0 Å². The fraction of sp³-hybridized carbons (Fsp3) is 0.550. The highest BCUT2D eigenvalue weighted by atomic mass is 32.2. The van der Waals surface area contributed by atoms with Crippen LogP contribution in [0.15, 0.2) is 24.4 Å². The van der Waals surface area contributed by atoms with Gasteiger partial charge in [-0.1, -0.05) is 0 Å². The van der Waals surface area contributed by atoms with Crippen molar-refractivity contribution in [2.75, 3.05) is 20.3 Å². The molecule has 0 spiro atoms. The molecule has 158 valence electrons. The van der Waals surface area contributed by atoms with E-state index in [1.807, 2.05) is 0 Å². The molecule has 9 heteroatoms. The largest absolute Gasteiger partial charge is 0.378 e. The number of amides is 1.